The number of hydrogen-bond donors (Lipinski definition) is 0. The Morgan fingerprint density at radius 2 is 1.95 bits per heavy atom. The van der Waals surface area contributed by atoms with Gasteiger partial charge in [0.2, 0.25) is 11.5 Å². The van der Waals surface area contributed by atoms with Crippen LogP contribution < -0.4 is 5.56 Å². The van der Waals surface area contributed by atoms with Crippen LogP contribution in [0, 0.1) is 0 Å². The van der Waals surface area contributed by atoms with Crippen molar-refractivity contribution in [1.29, 1.82) is 0 Å². The minimum atomic E-state index is -0.757. The maximum absolute atomic E-state index is 12.4. The highest BCUT2D eigenvalue weighted by Crippen LogP contribution is 2.15. The van der Waals surface area contributed by atoms with E-state index in [4.69, 9.17) is 4.74 Å². The van der Waals surface area contributed by atoms with Gasteiger partial charge in [-0.05, 0) is 19.1 Å². The number of carbonyl (C=O) groups excluding carboxylic acids is 1. The van der Waals surface area contributed by atoms with Crippen molar-refractivity contribution in [2.75, 3.05) is 6.61 Å². The Hall–Kier alpha value is -2.70. The van der Waals surface area contributed by atoms with Gasteiger partial charge in [-0.2, -0.15) is 0 Å². The van der Waals surface area contributed by atoms with E-state index in [2.05, 4.69) is 10.2 Å². The predicted molar refractivity (Wildman–Crippen MR) is 71.7 cm³/mol. The van der Waals surface area contributed by atoms with Gasteiger partial charge >= 0.3 is 5.97 Å². The Labute approximate surface area is 113 Å². The highest BCUT2D eigenvalue weighted by Gasteiger charge is 2.19. The number of benzene rings is 1. The minimum Gasteiger partial charge on any atom is -0.461 e. The molecule has 0 radical (unpaired) electrons. The molecule has 0 spiro atoms. The molecule has 0 aliphatic heterocycles. The van der Waals surface area contributed by atoms with Crippen LogP contribution in [-0.4, -0.2) is 31.7 Å². The first-order chi connectivity index (χ1) is 9.65. The van der Waals surface area contributed by atoms with E-state index in [9.17, 15) is 9.59 Å². The molecule has 0 atom stereocenters. The summed E-state index contributed by atoms with van der Waals surface area (Å²) in [5, 5.41) is 7.66. The molecule has 0 aliphatic rings. The fourth-order valence-electron chi connectivity index (χ4n) is 2.19. The summed E-state index contributed by atoms with van der Waals surface area (Å²) in [6.07, 6.45) is 0. The SMILES string of the molecule is CCOC(=O)c1nnc2n(C)c3ccccc3n2c1=O. The number of nitrogens with zero attached hydrogens (tertiary/aromatic N) is 4. The molecule has 102 valence electrons. The summed E-state index contributed by atoms with van der Waals surface area (Å²) in [5.74, 6) is -0.378. The molecular formula is C13H12N4O3. The summed E-state index contributed by atoms with van der Waals surface area (Å²) in [5.41, 5.74) is 0.682. The third-order valence-corrected chi connectivity index (χ3v) is 3.10. The zero-order valence-corrected chi connectivity index (χ0v) is 11.0. The third-order valence-electron chi connectivity index (χ3n) is 3.10. The van der Waals surface area contributed by atoms with Gasteiger partial charge in [-0.3, -0.25) is 4.79 Å². The first-order valence-corrected chi connectivity index (χ1v) is 6.15. The van der Waals surface area contributed by atoms with Gasteiger partial charge in [0.25, 0.3) is 5.56 Å². The van der Waals surface area contributed by atoms with Gasteiger partial charge in [-0.15, -0.1) is 10.2 Å². The Morgan fingerprint density at radius 1 is 1.25 bits per heavy atom. The highest BCUT2D eigenvalue weighted by atomic mass is 16.5. The maximum atomic E-state index is 12.4. The van der Waals surface area contributed by atoms with E-state index in [1.807, 2.05) is 18.2 Å². The second-order valence-electron chi connectivity index (χ2n) is 4.26. The molecule has 0 saturated carbocycles. The lowest BCUT2D eigenvalue weighted by atomic mass is 10.3. The topological polar surface area (TPSA) is 78.5 Å². The largest absolute Gasteiger partial charge is 0.461 e. The number of carbonyl (C=O) groups is 1. The lowest BCUT2D eigenvalue weighted by molar-refractivity contribution is 0.0515. The average Bonchev–Trinajstić information content (AvgIpc) is 2.74. The van der Waals surface area contributed by atoms with Crippen molar-refractivity contribution < 1.29 is 9.53 Å². The molecule has 0 fully saturated rings. The highest BCUT2D eigenvalue weighted by molar-refractivity contribution is 5.88. The third kappa shape index (κ3) is 1.59. The monoisotopic (exact) mass is 272 g/mol. The average molecular weight is 272 g/mol. The number of rotatable bonds is 2. The summed E-state index contributed by atoms with van der Waals surface area (Å²) in [6.45, 7) is 1.84. The van der Waals surface area contributed by atoms with Gasteiger partial charge in [0, 0.05) is 7.05 Å². The molecule has 2 aromatic heterocycles. The first kappa shape index (κ1) is 12.3. The number of para-hydroxylation sites is 2. The molecule has 1 aromatic carbocycles. The number of esters is 1. The van der Waals surface area contributed by atoms with Gasteiger partial charge in [0.15, 0.2) is 0 Å². The zero-order valence-electron chi connectivity index (χ0n) is 11.0. The van der Waals surface area contributed by atoms with Gasteiger partial charge in [-0.25, -0.2) is 9.20 Å². The van der Waals surface area contributed by atoms with Crippen LogP contribution in [0.25, 0.3) is 16.8 Å². The standard InChI is InChI=1S/C13H12N4O3/c1-3-20-12(19)10-11(18)17-9-7-5-4-6-8(9)16(2)13(17)15-14-10/h4-7H,3H2,1-2H3. The van der Waals surface area contributed by atoms with Crippen molar-refractivity contribution in [3.05, 3.63) is 40.3 Å². The van der Waals surface area contributed by atoms with E-state index in [1.165, 1.54) is 4.40 Å². The molecule has 2 heterocycles. The smallest absolute Gasteiger partial charge is 0.364 e. The van der Waals surface area contributed by atoms with Crippen molar-refractivity contribution in [3.8, 4) is 0 Å². The van der Waals surface area contributed by atoms with Gasteiger partial charge < -0.3 is 9.30 Å². The van der Waals surface area contributed by atoms with E-state index in [1.54, 1.807) is 24.6 Å². The molecule has 0 aliphatic carbocycles. The molecule has 0 unspecified atom stereocenters. The Morgan fingerprint density at radius 3 is 2.65 bits per heavy atom. The van der Waals surface area contributed by atoms with Crippen LogP contribution in [0.5, 0.6) is 0 Å². The van der Waals surface area contributed by atoms with Gasteiger partial charge in [-0.1, -0.05) is 12.1 Å². The number of aryl methyl sites for hydroxylation is 1. The fourth-order valence-corrected chi connectivity index (χ4v) is 2.19. The second kappa shape index (κ2) is 4.44. The summed E-state index contributed by atoms with van der Waals surface area (Å²) < 4.78 is 7.93. The van der Waals surface area contributed by atoms with E-state index in [0.717, 1.165) is 5.52 Å². The molecule has 3 rings (SSSR count). The number of hydrogen-bond acceptors (Lipinski definition) is 5. The maximum Gasteiger partial charge on any atom is 0.364 e. The number of fused-ring (bicyclic) bond motifs is 3. The lowest BCUT2D eigenvalue weighted by Crippen LogP contribution is -2.26. The summed E-state index contributed by atoms with van der Waals surface area (Å²) >= 11 is 0. The minimum absolute atomic E-state index is 0.179. The molecule has 3 aromatic rings. The van der Waals surface area contributed by atoms with Crippen LogP contribution in [0.15, 0.2) is 29.1 Å². The van der Waals surface area contributed by atoms with Crippen LogP contribution in [0.1, 0.15) is 17.4 Å². The van der Waals surface area contributed by atoms with Crippen molar-refractivity contribution in [2.24, 2.45) is 7.05 Å². The van der Waals surface area contributed by atoms with Gasteiger partial charge in [0.05, 0.1) is 17.6 Å². The second-order valence-corrected chi connectivity index (χ2v) is 4.26. The van der Waals surface area contributed by atoms with Crippen molar-refractivity contribution in [3.63, 3.8) is 0 Å². The molecular weight excluding hydrogens is 260 g/mol. The lowest BCUT2D eigenvalue weighted by Gasteiger charge is -2.00. The first-order valence-electron chi connectivity index (χ1n) is 6.15. The summed E-state index contributed by atoms with van der Waals surface area (Å²) in [6, 6.07) is 7.35. The van der Waals surface area contributed by atoms with Crippen LogP contribution in [0.3, 0.4) is 0 Å². The van der Waals surface area contributed by atoms with E-state index < -0.39 is 11.5 Å². The molecule has 0 bridgehead atoms. The molecule has 0 saturated heterocycles. The number of ether oxygens (including phenoxy) is 1. The summed E-state index contributed by atoms with van der Waals surface area (Å²) in [4.78, 5) is 24.1. The van der Waals surface area contributed by atoms with Crippen LogP contribution >= 0.6 is 0 Å². The Kier molecular flexibility index (Phi) is 2.74. The molecule has 7 heteroatoms. The van der Waals surface area contributed by atoms with Crippen molar-refractivity contribution in [2.45, 2.75) is 6.92 Å². The predicted octanol–water partition coefficient (Wildman–Crippen LogP) is 0.758. The molecule has 0 amide bonds. The molecule has 7 nitrogen and oxygen atoms in total. The quantitative estimate of drug-likeness (QED) is 0.643. The van der Waals surface area contributed by atoms with Crippen LogP contribution in [0.4, 0.5) is 0 Å². The van der Waals surface area contributed by atoms with Crippen molar-refractivity contribution >= 4 is 22.8 Å². The van der Waals surface area contributed by atoms with Gasteiger partial charge in [0.1, 0.15) is 0 Å². The van der Waals surface area contributed by atoms with Crippen molar-refractivity contribution in [1.82, 2.24) is 19.2 Å². The van der Waals surface area contributed by atoms with E-state index in [-0.39, 0.29) is 12.3 Å². The number of aromatic nitrogens is 4. The Balaban J connectivity index is 2.41. The van der Waals surface area contributed by atoms with Crippen LogP contribution in [-0.2, 0) is 11.8 Å². The van der Waals surface area contributed by atoms with E-state index >= 15 is 0 Å². The summed E-state index contributed by atoms with van der Waals surface area (Å²) in [7, 11) is 1.79. The number of imidazole rings is 1. The fraction of sp³-hybridized carbons (Fsp3) is 0.231. The van der Waals surface area contributed by atoms with E-state index in [0.29, 0.717) is 11.3 Å². The Bertz CT molecular complexity index is 878. The molecule has 20 heavy (non-hydrogen) atoms. The normalized spacial score (nSPS) is 11.1. The van der Waals surface area contributed by atoms with Crippen LogP contribution in [0.2, 0.25) is 0 Å². The zero-order chi connectivity index (χ0) is 14.3. The molecule has 0 N–H and O–H groups in total.